The van der Waals surface area contributed by atoms with Crippen LogP contribution < -0.4 is 4.74 Å². The van der Waals surface area contributed by atoms with E-state index in [0.717, 1.165) is 5.75 Å². The van der Waals surface area contributed by atoms with Crippen molar-refractivity contribution in [3.8, 4) is 5.75 Å². The molecule has 1 aliphatic rings. The Bertz CT molecular complexity index is 485. The van der Waals surface area contributed by atoms with Gasteiger partial charge in [0.05, 0.1) is 13.7 Å². The first kappa shape index (κ1) is 16.3. The van der Waals surface area contributed by atoms with Gasteiger partial charge in [0, 0.05) is 23.5 Å². The third-order valence-electron chi connectivity index (χ3n) is 5.31. The van der Waals surface area contributed by atoms with E-state index in [1.807, 2.05) is 0 Å². The van der Waals surface area contributed by atoms with Gasteiger partial charge < -0.3 is 14.2 Å². The van der Waals surface area contributed by atoms with E-state index in [1.165, 1.54) is 30.4 Å². The molecule has 0 aromatic heterocycles. The van der Waals surface area contributed by atoms with Gasteiger partial charge in [-0.15, -0.1) is 0 Å². The molecule has 1 aromatic carbocycles. The number of hydrogen-bond donors (Lipinski definition) is 0. The molecule has 0 aliphatic heterocycles. The first-order chi connectivity index (χ1) is 9.97. The van der Waals surface area contributed by atoms with Gasteiger partial charge in [0.25, 0.3) is 0 Å². The normalized spacial score (nSPS) is 28.8. The van der Waals surface area contributed by atoms with E-state index in [9.17, 15) is 0 Å². The highest BCUT2D eigenvalue weighted by Crippen LogP contribution is 2.56. The molecule has 0 bridgehead atoms. The van der Waals surface area contributed by atoms with Crippen molar-refractivity contribution in [3.63, 3.8) is 0 Å². The van der Waals surface area contributed by atoms with Gasteiger partial charge in [-0.25, -0.2) is 0 Å². The lowest BCUT2D eigenvalue weighted by Gasteiger charge is -2.42. The van der Waals surface area contributed by atoms with Gasteiger partial charge in [0.2, 0.25) is 0 Å². The van der Waals surface area contributed by atoms with Crippen LogP contribution in [0.5, 0.6) is 5.75 Å². The summed E-state index contributed by atoms with van der Waals surface area (Å²) in [7, 11) is 3.42. The number of aryl methyl sites for hydroxylation is 1. The summed E-state index contributed by atoms with van der Waals surface area (Å²) >= 11 is 0. The largest absolute Gasteiger partial charge is 0.496 e. The molecule has 3 heteroatoms. The number of rotatable bonds is 6. The summed E-state index contributed by atoms with van der Waals surface area (Å²) in [4.78, 5) is 0. The summed E-state index contributed by atoms with van der Waals surface area (Å²) in [5.41, 5.74) is 2.76. The molecule has 118 valence electrons. The smallest absolute Gasteiger partial charge is 0.146 e. The average Bonchev–Trinajstić information content (AvgIpc) is 2.76. The molecule has 0 N–H and O–H groups in total. The Morgan fingerprint density at radius 2 is 1.90 bits per heavy atom. The molecule has 0 spiro atoms. The van der Waals surface area contributed by atoms with Crippen molar-refractivity contribution >= 4 is 0 Å². The van der Waals surface area contributed by atoms with Crippen molar-refractivity contribution in [2.75, 3.05) is 27.6 Å². The Hall–Kier alpha value is -1.06. The Labute approximate surface area is 128 Å². The lowest BCUT2D eigenvalue weighted by Crippen LogP contribution is -2.40. The average molecular weight is 292 g/mol. The highest BCUT2D eigenvalue weighted by atomic mass is 16.7. The van der Waals surface area contributed by atoms with Gasteiger partial charge in [-0.05, 0) is 25.8 Å². The summed E-state index contributed by atoms with van der Waals surface area (Å²) in [5, 5.41) is 0. The molecule has 21 heavy (non-hydrogen) atoms. The quantitative estimate of drug-likeness (QED) is 0.584. The zero-order chi connectivity index (χ0) is 15.5. The third-order valence-corrected chi connectivity index (χ3v) is 5.31. The highest BCUT2D eigenvalue weighted by molar-refractivity contribution is 5.44. The maximum atomic E-state index is 5.73. The zero-order valence-electron chi connectivity index (χ0n) is 14.0. The number of hydrogen-bond acceptors (Lipinski definition) is 3. The fourth-order valence-electron chi connectivity index (χ4n) is 3.70. The molecule has 0 amide bonds. The Morgan fingerprint density at radius 3 is 2.57 bits per heavy atom. The molecule has 0 heterocycles. The summed E-state index contributed by atoms with van der Waals surface area (Å²) < 4.78 is 16.4. The van der Waals surface area contributed by atoms with Crippen LogP contribution in [-0.2, 0) is 14.9 Å². The second-order valence-electron chi connectivity index (χ2n) is 6.71. The molecule has 1 saturated carbocycles. The predicted octanol–water partition coefficient (Wildman–Crippen LogP) is 4.07. The molecule has 1 aromatic rings. The standard InChI is InChI=1S/C18H28O3/c1-14-7-8-16(20-5)15(11-14)18(3)10-6-9-17(18,2)12-21-13-19-4/h7-8,11H,6,9-10,12-13H2,1-5H3/t17-,18-/m1/s1. The summed E-state index contributed by atoms with van der Waals surface area (Å²) in [5.74, 6) is 0.989. The van der Waals surface area contributed by atoms with Crippen LogP contribution in [0.2, 0.25) is 0 Å². The molecule has 1 aliphatic carbocycles. The van der Waals surface area contributed by atoms with Crippen LogP contribution in [-0.4, -0.2) is 27.6 Å². The lowest BCUT2D eigenvalue weighted by atomic mass is 9.64. The van der Waals surface area contributed by atoms with E-state index < -0.39 is 0 Å². The molecule has 2 atom stereocenters. The fraction of sp³-hybridized carbons (Fsp3) is 0.667. The summed E-state index contributed by atoms with van der Waals surface area (Å²) in [6.45, 7) is 7.90. The van der Waals surface area contributed by atoms with Gasteiger partial charge >= 0.3 is 0 Å². The maximum Gasteiger partial charge on any atom is 0.146 e. The molecule has 2 rings (SSSR count). The van der Waals surface area contributed by atoms with Gasteiger partial charge in [-0.1, -0.05) is 38.0 Å². The molecule has 0 saturated heterocycles. The van der Waals surface area contributed by atoms with Crippen LogP contribution in [0.25, 0.3) is 0 Å². The minimum absolute atomic E-state index is 0.0676. The van der Waals surface area contributed by atoms with E-state index in [-0.39, 0.29) is 10.8 Å². The van der Waals surface area contributed by atoms with Crippen molar-refractivity contribution in [1.29, 1.82) is 0 Å². The molecule has 0 unspecified atom stereocenters. The monoisotopic (exact) mass is 292 g/mol. The molecule has 0 radical (unpaired) electrons. The Morgan fingerprint density at radius 1 is 1.14 bits per heavy atom. The van der Waals surface area contributed by atoms with Crippen LogP contribution in [0.3, 0.4) is 0 Å². The van der Waals surface area contributed by atoms with Gasteiger partial charge in [-0.3, -0.25) is 0 Å². The van der Waals surface area contributed by atoms with Crippen LogP contribution in [0.1, 0.15) is 44.2 Å². The van der Waals surface area contributed by atoms with Crippen LogP contribution in [0, 0.1) is 12.3 Å². The topological polar surface area (TPSA) is 27.7 Å². The minimum Gasteiger partial charge on any atom is -0.496 e. The number of benzene rings is 1. The van der Waals surface area contributed by atoms with Crippen LogP contribution in [0.4, 0.5) is 0 Å². The number of ether oxygens (including phenoxy) is 3. The molecule has 3 nitrogen and oxygen atoms in total. The molecule has 1 fully saturated rings. The van der Waals surface area contributed by atoms with Crippen molar-refractivity contribution in [2.24, 2.45) is 5.41 Å². The Balaban J connectivity index is 2.37. The van der Waals surface area contributed by atoms with Crippen molar-refractivity contribution in [3.05, 3.63) is 29.3 Å². The first-order valence-electron chi connectivity index (χ1n) is 7.69. The van der Waals surface area contributed by atoms with E-state index in [4.69, 9.17) is 14.2 Å². The van der Waals surface area contributed by atoms with Crippen LogP contribution in [0.15, 0.2) is 18.2 Å². The third kappa shape index (κ3) is 2.95. The first-order valence-corrected chi connectivity index (χ1v) is 7.69. The van der Waals surface area contributed by atoms with E-state index >= 15 is 0 Å². The SMILES string of the molecule is COCOC[C@@]1(C)CCC[C@]1(C)c1cc(C)ccc1OC. The van der Waals surface area contributed by atoms with Crippen LogP contribution >= 0.6 is 0 Å². The molecular formula is C18H28O3. The minimum atomic E-state index is 0.0676. The fourth-order valence-corrected chi connectivity index (χ4v) is 3.70. The maximum absolute atomic E-state index is 5.73. The highest BCUT2D eigenvalue weighted by Gasteiger charge is 2.50. The zero-order valence-corrected chi connectivity index (χ0v) is 14.0. The summed E-state index contributed by atoms with van der Waals surface area (Å²) in [6, 6.07) is 6.47. The van der Waals surface area contributed by atoms with Crippen molar-refractivity contribution < 1.29 is 14.2 Å². The second kappa shape index (κ2) is 6.37. The summed E-state index contributed by atoms with van der Waals surface area (Å²) in [6.07, 6.45) is 3.56. The van der Waals surface area contributed by atoms with E-state index in [1.54, 1.807) is 14.2 Å². The lowest BCUT2D eigenvalue weighted by molar-refractivity contribution is -0.0727. The second-order valence-corrected chi connectivity index (χ2v) is 6.71. The van der Waals surface area contributed by atoms with Crippen molar-refractivity contribution in [2.45, 2.75) is 45.4 Å². The van der Waals surface area contributed by atoms with Gasteiger partial charge in [0.1, 0.15) is 12.5 Å². The number of methoxy groups -OCH3 is 2. The van der Waals surface area contributed by atoms with Crippen molar-refractivity contribution in [1.82, 2.24) is 0 Å². The van der Waals surface area contributed by atoms with E-state index in [0.29, 0.717) is 13.4 Å². The Kier molecular flexibility index (Phi) is 4.95. The van der Waals surface area contributed by atoms with Gasteiger partial charge in [0.15, 0.2) is 0 Å². The predicted molar refractivity (Wildman–Crippen MR) is 84.9 cm³/mol. The van der Waals surface area contributed by atoms with Gasteiger partial charge in [-0.2, -0.15) is 0 Å². The van der Waals surface area contributed by atoms with E-state index in [2.05, 4.69) is 39.0 Å². The molecular weight excluding hydrogens is 264 g/mol.